The minimum absolute atomic E-state index is 0.00848. The minimum atomic E-state index is -2.13. The minimum Gasteiger partial charge on any atom is -0.444 e. The van der Waals surface area contributed by atoms with E-state index in [1.165, 1.54) is 0 Å². The molecule has 1 saturated heterocycles. The lowest BCUT2D eigenvalue weighted by Crippen LogP contribution is -2.59. The molecule has 0 saturated carbocycles. The molecule has 1 aliphatic rings. The van der Waals surface area contributed by atoms with Crippen LogP contribution in [0.4, 0.5) is 16.2 Å². The number of benzene rings is 1. The Balaban J connectivity index is 2.33. The van der Waals surface area contributed by atoms with Crippen molar-refractivity contribution in [2.45, 2.75) is 83.8 Å². The number of anilines is 2. The van der Waals surface area contributed by atoms with Crippen LogP contribution in [0.5, 0.6) is 0 Å². The molecule has 2 atom stereocenters. The average Bonchev–Trinajstić information content (AvgIpc) is 2.62. The van der Waals surface area contributed by atoms with Crippen LogP contribution in [-0.4, -0.2) is 45.2 Å². The van der Waals surface area contributed by atoms with E-state index in [1.54, 1.807) is 12.1 Å². The van der Waals surface area contributed by atoms with Gasteiger partial charge in [-0.2, -0.15) is 5.26 Å². The highest BCUT2D eigenvalue weighted by atomic mass is 35.5. The number of nitrogens with two attached hydrogens (primary N) is 1. The molecular formula is C23H37ClN4O3Si. The van der Waals surface area contributed by atoms with E-state index in [4.69, 9.17) is 26.5 Å². The number of ether oxygens (including phenoxy) is 1. The van der Waals surface area contributed by atoms with Crippen LogP contribution in [-0.2, 0) is 9.16 Å². The van der Waals surface area contributed by atoms with Crippen molar-refractivity contribution in [1.82, 2.24) is 5.32 Å². The van der Waals surface area contributed by atoms with Gasteiger partial charge in [0, 0.05) is 13.1 Å². The number of nitrogens with zero attached hydrogens (tertiary/aromatic N) is 2. The van der Waals surface area contributed by atoms with Crippen LogP contribution in [0.2, 0.25) is 23.2 Å². The SMILES string of the molecule is CC(C)(C)OC(=O)N[C@@H]1CCN(c2cc(C#N)cc(N)c2Cl)C[C@H]1O[Si](C)(C)C(C)(C)C. The zero-order valence-corrected chi connectivity index (χ0v) is 22.3. The second-order valence-electron chi connectivity index (χ2n) is 10.9. The number of hydrogen-bond donors (Lipinski definition) is 2. The summed E-state index contributed by atoms with van der Waals surface area (Å²) in [5, 5.41) is 12.8. The summed E-state index contributed by atoms with van der Waals surface area (Å²) in [6.07, 6.45) is -0.0697. The van der Waals surface area contributed by atoms with E-state index in [-0.39, 0.29) is 17.2 Å². The van der Waals surface area contributed by atoms with Crippen molar-refractivity contribution in [3.8, 4) is 6.07 Å². The number of nitrogens with one attached hydrogen (secondary N) is 1. The molecule has 1 aromatic rings. The molecule has 1 aromatic carbocycles. The van der Waals surface area contributed by atoms with Gasteiger partial charge in [-0.3, -0.25) is 0 Å². The molecule has 9 heteroatoms. The first-order chi connectivity index (χ1) is 14.5. The highest BCUT2D eigenvalue weighted by Gasteiger charge is 2.43. The number of carbonyl (C=O) groups excluding carboxylic acids is 1. The summed E-state index contributed by atoms with van der Waals surface area (Å²) in [5.74, 6) is 0. The molecule has 1 heterocycles. The predicted octanol–water partition coefficient (Wildman–Crippen LogP) is 5.29. The smallest absolute Gasteiger partial charge is 0.407 e. The van der Waals surface area contributed by atoms with E-state index in [0.717, 1.165) is 0 Å². The summed E-state index contributed by atoms with van der Waals surface area (Å²) < 4.78 is 12.2. The molecule has 1 aliphatic heterocycles. The van der Waals surface area contributed by atoms with Crippen molar-refractivity contribution < 1.29 is 14.0 Å². The largest absolute Gasteiger partial charge is 0.444 e. The van der Waals surface area contributed by atoms with Gasteiger partial charge in [0.1, 0.15) is 5.60 Å². The van der Waals surface area contributed by atoms with Crippen molar-refractivity contribution in [3.05, 3.63) is 22.7 Å². The number of alkyl carbamates (subject to hydrolysis) is 1. The molecule has 7 nitrogen and oxygen atoms in total. The van der Waals surface area contributed by atoms with Crippen LogP contribution in [0, 0.1) is 11.3 Å². The zero-order chi connectivity index (χ0) is 24.5. The Morgan fingerprint density at radius 1 is 1.28 bits per heavy atom. The second-order valence-corrected chi connectivity index (χ2v) is 16.0. The lowest BCUT2D eigenvalue weighted by Gasteiger charge is -2.46. The number of hydrogen-bond acceptors (Lipinski definition) is 6. The van der Waals surface area contributed by atoms with Gasteiger partial charge < -0.3 is 25.1 Å². The van der Waals surface area contributed by atoms with Crippen LogP contribution < -0.4 is 16.0 Å². The first-order valence-corrected chi connectivity index (χ1v) is 14.2. The molecule has 1 fully saturated rings. The third kappa shape index (κ3) is 6.53. The molecule has 0 radical (unpaired) electrons. The maximum Gasteiger partial charge on any atom is 0.407 e. The van der Waals surface area contributed by atoms with Gasteiger partial charge in [-0.1, -0.05) is 32.4 Å². The Bertz CT molecular complexity index is 887. The van der Waals surface area contributed by atoms with E-state index in [1.807, 2.05) is 20.8 Å². The van der Waals surface area contributed by atoms with Crippen LogP contribution in [0.3, 0.4) is 0 Å². The van der Waals surface area contributed by atoms with Gasteiger partial charge in [-0.25, -0.2) is 4.79 Å². The number of halogens is 1. The fraction of sp³-hybridized carbons (Fsp3) is 0.652. The molecule has 32 heavy (non-hydrogen) atoms. The van der Waals surface area contributed by atoms with Crippen molar-refractivity contribution in [1.29, 1.82) is 5.26 Å². The molecule has 0 aliphatic carbocycles. The summed E-state index contributed by atoms with van der Waals surface area (Å²) in [4.78, 5) is 14.6. The highest BCUT2D eigenvalue weighted by Crippen LogP contribution is 2.40. The van der Waals surface area contributed by atoms with Crippen molar-refractivity contribution in [3.63, 3.8) is 0 Å². The third-order valence-electron chi connectivity index (χ3n) is 6.06. The van der Waals surface area contributed by atoms with Crippen molar-refractivity contribution in [2.75, 3.05) is 23.7 Å². The number of nitrogen functional groups attached to an aromatic ring is 1. The fourth-order valence-corrected chi connectivity index (χ4v) is 4.94. The van der Waals surface area contributed by atoms with Crippen molar-refractivity contribution in [2.24, 2.45) is 0 Å². The molecule has 0 spiro atoms. The predicted molar refractivity (Wildman–Crippen MR) is 133 cm³/mol. The van der Waals surface area contributed by atoms with E-state index in [0.29, 0.717) is 41.5 Å². The Labute approximate surface area is 198 Å². The van der Waals surface area contributed by atoms with E-state index < -0.39 is 20.0 Å². The molecule has 0 unspecified atom stereocenters. The Morgan fingerprint density at radius 2 is 1.91 bits per heavy atom. The van der Waals surface area contributed by atoms with Crippen LogP contribution in [0.1, 0.15) is 53.5 Å². The summed E-state index contributed by atoms with van der Waals surface area (Å²) in [6.45, 7) is 17.6. The van der Waals surface area contributed by atoms with Gasteiger partial charge in [0.05, 0.1) is 40.2 Å². The summed E-state index contributed by atoms with van der Waals surface area (Å²) >= 11 is 6.50. The molecule has 0 aromatic heterocycles. The van der Waals surface area contributed by atoms with Gasteiger partial charge in [0.25, 0.3) is 0 Å². The number of piperidine rings is 1. The lowest BCUT2D eigenvalue weighted by molar-refractivity contribution is 0.0415. The number of carbonyl (C=O) groups is 1. The van der Waals surface area contributed by atoms with Crippen LogP contribution >= 0.6 is 11.6 Å². The molecular weight excluding hydrogens is 444 g/mol. The van der Waals surface area contributed by atoms with Gasteiger partial charge in [-0.05, 0) is 57.5 Å². The second kappa shape index (κ2) is 9.50. The van der Waals surface area contributed by atoms with Crippen LogP contribution in [0.25, 0.3) is 0 Å². The Kier molecular flexibility index (Phi) is 7.81. The summed E-state index contributed by atoms with van der Waals surface area (Å²) in [7, 11) is -2.13. The first kappa shape index (κ1) is 26.3. The van der Waals surface area contributed by atoms with Gasteiger partial charge in [0.2, 0.25) is 0 Å². The zero-order valence-electron chi connectivity index (χ0n) is 20.5. The normalized spacial score (nSPS) is 19.9. The fourth-order valence-electron chi connectivity index (χ4n) is 3.36. The quantitative estimate of drug-likeness (QED) is 0.448. The topological polar surface area (TPSA) is 101 Å². The van der Waals surface area contributed by atoms with E-state index in [2.05, 4.69) is 50.2 Å². The number of rotatable bonds is 4. The maximum absolute atomic E-state index is 12.5. The third-order valence-corrected chi connectivity index (χ3v) is 11.0. The van der Waals surface area contributed by atoms with Gasteiger partial charge in [0.15, 0.2) is 8.32 Å². The number of nitriles is 1. The maximum atomic E-state index is 12.5. The van der Waals surface area contributed by atoms with Crippen molar-refractivity contribution >= 4 is 37.4 Å². The molecule has 0 bridgehead atoms. The number of amides is 1. The van der Waals surface area contributed by atoms with Gasteiger partial charge in [-0.15, -0.1) is 0 Å². The molecule has 1 amide bonds. The molecule has 2 rings (SSSR count). The first-order valence-electron chi connectivity index (χ1n) is 11.0. The molecule has 3 N–H and O–H groups in total. The molecule has 178 valence electrons. The Morgan fingerprint density at radius 3 is 2.44 bits per heavy atom. The standard InChI is InChI=1S/C23H37ClN4O3Si/c1-22(2,3)30-21(29)27-17-9-10-28(14-19(17)31-32(7,8)23(4,5)6)18-12-15(13-25)11-16(26)20(18)24/h11-12,17,19H,9-10,14,26H2,1-8H3,(H,27,29)/t17-,19-/m1/s1. The van der Waals surface area contributed by atoms with Crippen LogP contribution in [0.15, 0.2) is 12.1 Å². The summed E-state index contributed by atoms with van der Waals surface area (Å²) in [5.41, 5.74) is 7.00. The van der Waals surface area contributed by atoms with E-state index >= 15 is 0 Å². The highest BCUT2D eigenvalue weighted by molar-refractivity contribution is 6.74. The van der Waals surface area contributed by atoms with Gasteiger partial charge >= 0.3 is 6.09 Å². The Hall–Kier alpha value is -1.95. The summed E-state index contributed by atoms with van der Waals surface area (Å²) in [6, 6.07) is 5.26. The average molecular weight is 481 g/mol. The van der Waals surface area contributed by atoms with E-state index in [9.17, 15) is 10.1 Å². The lowest BCUT2D eigenvalue weighted by atomic mass is 10.0. The monoisotopic (exact) mass is 480 g/mol.